The number of aromatic nitrogens is 1. The van der Waals surface area contributed by atoms with Crippen LogP contribution in [0.5, 0.6) is 0 Å². The second-order valence-electron chi connectivity index (χ2n) is 18.0. The maximum atomic E-state index is 15.0. The fourth-order valence-electron chi connectivity index (χ4n) is 10.4. The summed E-state index contributed by atoms with van der Waals surface area (Å²) in [5.74, 6) is -3.46. The zero-order valence-electron chi connectivity index (χ0n) is 31.6. The first-order chi connectivity index (χ1) is 24.5. The molecule has 4 aliphatic carbocycles. The molecule has 52 heavy (non-hydrogen) atoms. The third kappa shape index (κ3) is 6.63. The lowest BCUT2D eigenvalue weighted by molar-refractivity contribution is -0.145. The first-order valence-corrected chi connectivity index (χ1v) is 19.5. The predicted molar refractivity (Wildman–Crippen MR) is 194 cm³/mol. The van der Waals surface area contributed by atoms with Gasteiger partial charge in [0.2, 0.25) is 23.5 Å². The molecule has 1 aromatic heterocycles. The van der Waals surface area contributed by atoms with Gasteiger partial charge >= 0.3 is 0 Å². The Bertz CT molecular complexity index is 1570. The van der Waals surface area contributed by atoms with Crippen molar-refractivity contribution >= 4 is 35.3 Å². The molecule has 1 aromatic rings. The first-order valence-electron chi connectivity index (χ1n) is 19.5. The maximum absolute atomic E-state index is 15.0. The Morgan fingerprint density at radius 2 is 1.62 bits per heavy atom. The van der Waals surface area contributed by atoms with Crippen molar-refractivity contribution in [3.8, 4) is 0 Å². The molecule has 5 N–H and O–H groups in total. The van der Waals surface area contributed by atoms with Crippen molar-refractivity contribution in [2.45, 2.75) is 142 Å². The molecule has 0 aromatic carbocycles. The summed E-state index contributed by atoms with van der Waals surface area (Å²) in [5, 5.41) is 8.92. The van der Waals surface area contributed by atoms with E-state index in [1.165, 1.54) is 6.20 Å². The Hall–Kier alpha value is -3.83. The highest BCUT2D eigenvalue weighted by atomic mass is 16.2. The maximum Gasteiger partial charge on any atom is 0.287 e. The van der Waals surface area contributed by atoms with Gasteiger partial charge in [-0.25, -0.2) is 0 Å². The minimum Gasteiger partial charge on any atom is -0.363 e. The number of carbonyl (C=O) groups excluding carboxylic acids is 6. The van der Waals surface area contributed by atoms with Gasteiger partial charge in [0.25, 0.3) is 11.8 Å². The van der Waals surface area contributed by atoms with Crippen LogP contribution in [0.25, 0.3) is 0 Å². The number of ketones is 1. The number of hydrogen-bond donors (Lipinski definition) is 4. The van der Waals surface area contributed by atoms with Gasteiger partial charge in [-0.1, -0.05) is 79.6 Å². The van der Waals surface area contributed by atoms with Crippen molar-refractivity contribution in [3.05, 3.63) is 30.1 Å². The molecule has 1 unspecified atom stereocenters. The highest BCUT2D eigenvalue weighted by Crippen LogP contribution is 2.88. The smallest absolute Gasteiger partial charge is 0.287 e. The lowest BCUT2D eigenvalue weighted by Gasteiger charge is -2.38. The predicted octanol–water partition coefficient (Wildman–Crippen LogP) is 3.82. The molecule has 0 radical (unpaired) electrons. The number of amides is 5. The van der Waals surface area contributed by atoms with E-state index in [-0.39, 0.29) is 34.0 Å². The molecular weight excluding hydrogens is 660 g/mol. The molecule has 12 nitrogen and oxygen atoms in total. The van der Waals surface area contributed by atoms with Gasteiger partial charge in [-0.3, -0.25) is 33.8 Å². The minimum atomic E-state index is -1.09. The fraction of sp³-hybridized carbons (Fsp3) is 0.725. The molecule has 284 valence electrons. The van der Waals surface area contributed by atoms with Crippen molar-refractivity contribution in [1.29, 1.82) is 0 Å². The normalized spacial score (nSPS) is 26.7. The number of hydrogen-bond acceptors (Lipinski definition) is 7. The second-order valence-corrected chi connectivity index (χ2v) is 18.0. The third-order valence-electron chi connectivity index (χ3n) is 14.1. The van der Waals surface area contributed by atoms with Crippen LogP contribution < -0.4 is 21.7 Å². The van der Waals surface area contributed by atoms with Gasteiger partial charge in [-0.15, -0.1) is 0 Å². The van der Waals surface area contributed by atoms with Gasteiger partial charge < -0.3 is 26.6 Å². The topological polar surface area (TPSA) is 181 Å². The molecule has 4 saturated carbocycles. The van der Waals surface area contributed by atoms with Crippen molar-refractivity contribution in [1.82, 2.24) is 25.8 Å². The largest absolute Gasteiger partial charge is 0.363 e. The van der Waals surface area contributed by atoms with E-state index in [1.54, 1.807) is 23.2 Å². The molecule has 5 amide bonds. The van der Waals surface area contributed by atoms with E-state index in [4.69, 9.17) is 5.73 Å². The molecule has 1 aliphatic heterocycles. The Balaban J connectivity index is 1.28. The lowest BCUT2D eigenvalue weighted by atomic mass is 9.73. The molecule has 2 spiro atoms. The van der Waals surface area contributed by atoms with Gasteiger partial charge in [0.05, 0.1) is 11.6 Å². The standard InChI is InChI=1S/C40H58N6O6/c1-37(2,3)31(45-35(51)29(25-14-7-6-8-15-25)44-33(49)26-16-10-19-42-22-26)36(52)46-23-40(38(4,5)39(40)17-11-18-39)21-28(46)34(50)43-27(30(47)32(41)48)20-24-12-9-13-24/h10,16,19,22,24-25,27-29,31H,6-9,11-15,17-18,20-21,23H2,1-5H3,(H2,41,48)(H,43,50)(H,44,49)(H,45,51)/t27?,28-,29-,31+,40+/m0/s1. The van der Waals surface area contributed by atoms with Gasteiger partial charge in [0.15, 0.2) is 0 Å². The van der Waals surface area contributed by atoms with E-state index in [2.05, 4.69) is 34.8 Å². The number of Topliss-reactive ketones (excluding diaryl/α,β-unsaturated/α-hetero) is 1. The molecular formula is C40H58N6O6. The summed E-state index contributed by atoms with van der Waals surface area (Å²) in [6, 6.07) is -0.492. The van der Waals surface area contributed by atoms with Crippen LogP contribution in [0.15, 0.2) is 24.5 Å². The first kappa shape index (κ1) is 37.9. The summed E-state index contributed by atoms with van der Waals surface area (Å²) in [5.41, 5.74) is 4.64. The monoisotopic (exact) mass is 718 g/mol. The van der Waals surface area contributed by atoms with E-state index in [1.807, 2.05) is 20.8 Å². The van der Waals surface area contributed by atoms with Crippen molar-refractivity contribution in [2.75, 3.05) is 6.54 Å². The average Bonchev–Trinajstić information content (AvgIpc) is 3.28. The Morgan fingerprint density at radius 1 is 0.923 bits per heavy atom. The van der Waals surface area contributed by atoms with Crippen LogP contribution >= 0.6 is 0 Å². The number of nitrogens with two attached hydrogens (primary N) is 1. The van der Waals surface area contributed by atoms with E-state index in [9.17, 15) is 28.8 Å². The SMILES string of the molecule is CC(C)(C)[C@H](NC(=O)[C@@H](NC(=O)c1cccnc1)C1CCCCC1)C(=O)N1C[C@]2(C[C@H]1C(=O)NC(CC1CCC1)C(=O)C(N)=O)C(C)(C)C21CCC1. The van der Waals surface area contributed by atoms with Gasteiger partial charge in [-0.05, 0) is 78.7 Å². The molecule has 6 rings (SSSR count). The molecule has 12 heteroatoms. The fourth-order valence-corrected chi connectivity index (χ4v) is 10.4. The summed E-state index contributed by atoms with van der Waals surface area (Å²) >= 11 is 0. The van der Waals surface area contributed by atoms with E-state index in [0.717, 1.165) is 70.6 Å². The number of carbonyl (C=O) groups is 6. The summed E-state index contributed by atoms with van der Waals surface area (Å²) < 4.78 is 0. The van der Waals surface area contributed by atoms with E-state index in [0.29, 0.717) is 24.9 Å². The highest BCUT2D eigenvalue weighted by Gasteiger charge is 2.85. The highest BCUT2D eigenvalue weighted by molar-refractivity contribution is 6.37. The summed E-state index contributed by atoms with van der Waals surface area (Å²) in [7, 11) is 0. The van der Waals surface area contributed by atoms with Crippen molar-refractivity contribution < 1.29 is 28.8 Å². The van der Waals surface area contributed by atoms with Crippen LogP contribution in [0, 0.1) is 33.5 Å². The lowest BCUT2D eigenvalue weighted by Crippen LogP contribution is -2.62. The summed E-state index contributed by atoms with van der Waals surface area (Å²) in [4.78, 5) is 87.7. The van der Waals surface area contributed by atoms with Gasteiger partial charge in [0.1, 0.15) is 18.1 Å². The van der Waals surface area contributed by atoms with Gasteiger partial charge in [-0.2, -0.15) is 0 Å². The Morgan fingerprint density at radius 3 is 2.13 bits per heavy atom. The zero-order valence-corrected chi connectivity index (χ0v) is 31.6. The average molecular weight is 719 g/mol. The molecule has 5 fully saturated rings. The molecule has 1 saturated heterocycles. The number of rotatable bonds is 12. The second kappa shape index (κ2) is 14.2. The Kier molecular flexibility index (Phi) is 10.3. The van der Waals surface area contributed by atoms with Crippen LogP contribution in [-0.4, -0.2) is 75.9 Å². The summed E-state index contributed by atoms with van der Waals surface area (Å²) in [6.45, 7) is 10.5. The number of pyridine rings is 1. The van der Waals surface area contributed by atoms with Gasteiger partial charge in [0, 0.05) is 24.4 Å². The van der Waals surface area contributed by atoms with Crippen molar-refractivity contribution in [3.63, 3.8) is 0 Å². The Labute approximate surface area is 307 Å². The van der Waals surface area contributed by atoms with Crippen LogP contribution in [-0.2, 0) is 24.0 Å². The number of likely N-dealkylation sites (tertiary alicyclic amines) is 1. The zero-order chi connectivity index (χ0) is 37.6. The minimum absolute atomic E-state index is 0.0189. The summed E-state index contributed by atoms with van der Waals surface area (Å²) in [6.07, 6.45) is 14.4. The van der Waals surface area contributed by atoms with Crippen LogP contribution in [0.4, 0.5) is 0 Å². The molecule has 2 heterocycles. The third-order valence-corrected chi connectivity index (χ3v) is 14.1. The molecule has 0 bridgehead atoms. The number of nitrogens with zero attached hydrogens (tertiary/aromatic N) is 2. The van der Waals surface area contributed by atoms with Crippen LogP contribution in [0.3, 0.4) is 0 Å². The van der Waals surface area contributed by atoms with Crippen molar-refractivity contribution in [2.24, 2.45) is 39.2 Å². The quantitative estimate of drug-likeness (QED) is 0.237. The molecule has 5 atom stereocenters. The molecule has 5 aliphatic rings. The number of fused-ring (bicyclic) bond motifs is 1. The number of nitrogens with one attached hydrogen (secondary N) is 3. The van der Waals surface area contributed by atoms with Crippen LogP contribution in [0.2, 0.25) is 0 Å². The number of primary amides is 1. The van der Waals surface area contributed by atoms with Crippen LogP contribution in [0.1, 0.15) is 128 Å². The van der Waals surface area contributed by atoms with E-state index < -0.39 is 59.0 Å². The van der Waals surface area contributed by atoms with E-state index >= 15 is 0 Å².